The maximum absolute atomic E-state index is 12.1. The van der Waals surface area contributed by atoms with Crippen LogP contribution >= 0.6 is 0 Å². The number of ether oxygens (including phenoxy) is 1. The van der Waals surface area contributed by atoms with Crippen molar-refractivity contribution in [2.45, 2.75) is 12.5 Å². The van der Waals surface area contributed by atoms with E-state index in [0.717, 1.165) is 5.56 Å². The van der Waals surface area contributed by atoms with Gasteiger partial charge < -0.3 is 24.0 Å². The van der Waals surface area contributed by atoms with Crippen LogP contribution in [-0.2, 0) is 10.4 Å². The first-order valence-electron chi connectivity index (χ1n) is 7.84. The van der Waals surface area contributed by atoms with Gasteiger partial charge in [0.15, 0.2) is 12.2 Å². The SMILES string of the molecule is Cc1ccccc1OCC(=O)NC[C@](O)(c1ccoc1)c1ccco1. The number of amides is 1. The van der Waals surface area contributed by atoms with Gasteiger partial charge in [-0.25, -0.2) is 0 Å². The molecule has 130 valence electrons. The minimum absolute atomic E-state index is 0.0734. The Morgan fingerprint density at radius 1 is 1.20 bits per heavy atom. The lowest BCUT2D eigenvalue weighted by molar-refractivity contribution is -0.124. The highest BCUT2D eigenvalue weighted by molar-refractivity contribution is 5.77. The number of nitrogens with one attached hydrogen (secondary N) is 1. The molecule has 3 aromatic rings. The second-order valence-corrected chi connectivity index (χ2v) is 5.68. The summed E-state index contributed by atoms with van der Waals surface area (Å²) in [7, 11) is 0. The molecule has 0 unspecified atom stereocenters. The van der Waals surface area contributed by atoms with E-state index in [1.54, 1.807) is 24.3 Å². The van der Waals surface area contributed by atoms with E-state index < -0.39 is 5.60 Å². The summed E-state index contributed by atoms with van der Waals surface area (Å²) < 4.78 is 15.9. The van der Waals surface area contributed by atoms with Gasteiger partial charge in [-0.2, -0.15) is 0 Å². The summed E-state index contributed by atoms with van der Waals surface area (Å²) in [6.07, 6.45) is 4.33. The number of carbonyl (C=O) groups excluding carboxylic acids is 1. The Hall–Kier alpha value is -2.99. The highest BCUT2D eigenvalue weighted by Gasteiger charge is 2.36. The third-order valence-electron chi connectivity index (χ3n) is 3.92. The topological polar surface area (TPSA) is 84.8 Å². The summed E-state index contributed by atoms with van der Waals surface area (Å²) in [6.45, 7) is 1.68. The van der Waals surface area contributed by atoms with Gasteiger partial charge in [-0.3, -0.25) is 4.79 Å². The van der Waals surface area contributed by atoms with Crippen molar-refractivity contribution < 1.29 is 23.5 Å². The first kappa shape index (κ1) is 16.9. The van der Waals surface area contributed by atoms with Crippen LogP contribution in [0.15, 0.2) is 70.1 Å². The van der Waals surface area contributed by atoms with E-state index in [4.69, 9.17) is 13.6 Å². The molecule has 0 saturated heterocycles. The summed E-state index contributed by atoms with van der Waals surface area (Å²) >= 11 is 0. The first-order chi connectivity index (χ1) is 12.1. The van der Waals surface area contributed by atoms with E-state index in [1.807, 2.05) is 25.1 Å². The van der Waals surface area contributed by atoms with Gasteiger partial charge in [0.1, 0.15) is 11.5 Å². The highest BCUT2D eigenvalue weighted by atomic mass is 16.5. The molecule has 0 fully saturated rings. The van der Waals surface area contributed by atoms with Gasteiger partial charge in [0.25, 0.3) is 5.91 Å². The van der Waals surface area contributed by atoms with Crippen LogP contribution in [0.1, 0.15) is 16.9 Å². The third-order valence-corrected chi connectivity index (χ3v) is 3.92. The molecule has 0 bridgehead atoms. The van der Waals surface area contributed by atoms with E-state index in [-0.39, 0.29) is 19.1 Å². The van der Waals surface area contributed by atoms with Crippen molar-refractivity contribution >= 4 is 5.91 Å². The summed E-state index contributed by atoms with van der Waals surface area (Å²) in [5, 5.41) is 13.7. The predicted octanol–water partition coefficient (Wildman–Crippen LogP) is 2.61. The van der Waals surface area contributed by atoms with Gasteiger partial charge in [-0.15, -0.1) is 0 Å². The molecule has 0 aliphatic heterocycles. The van der Waals surface area contributed by atoms with Gasteiger partial charge in [0.2, 0.25) is 0 Å². The molecule has 0 aliphatic carbocycles. The Kier molecular flexibility index (Phi) is 4.90. The average molecular weight is 341 g/mol. The normalized spacial score (nSPS) is 13.2. The molecule has 1 atom stereocenters. The molecule has 1 aromatic carbocycles. The van der Waals surface area contributed by atoms with Crippen LogP contribution in [0.25, 0.3) is 0 Å². The molecule has 2 N–H and O–H groups in total. The van der Waals surface area contributed by atoms with Crippen LogP contribution in [-0.4, -0.2) is 24.2 Å². The Balaban J connectivity index is 1.64. The van der Waals surface area contributed by atoms with Crippen LogP contribution in [0.3, 0.4) is 0 Å². The molecule has 25 heavy (non-hydrogen) atoms. The summed E-state index contributed by atoms with van der Waals surface area (Å²) in [6, 6.07) is 12.4. The van der Waals surface area contributed by atoms with Crippen molar-refractivity contribution in [2.24, 2.45) is 0 Å². The molecular weight excluding hydrogens is 322 g/mol. The van der Waals surface area contributed by atoms with Crippen LogP contribution < -0.4 is 10.1 Å². The standard InChI is InChI=1S/C19H19NO5/c1-14-5-2-3-6-16(14)25-12-18(21)20-13-19(22,15-8-10-23-11-15)17-7-4-9-24-17/h2-11,22H,12-13H2,1H3,(H,20,21)/t19-/m0/s1. The zero-order valence-electron chi connectivity index (χ0n) is 13.8. The summed E-state index contributed by atoms with van der Waals surface area (Å²) in [5.41, 5.74) is -0.0854. The predicted molar refractivity (Wildman–Crippen MR) is 90.1 cm³/mol. The zero-order chi connectivity index (χ0) is 17.7. The van der Waals surface area contributed by atoms with Gasteiger partial charge >= 0.3 is 0 Å². The van der Waals surface area contributed by atoms with E-state index in [0.29, 0.717) is 17.1 Å². The van der Waals surface area contributed by atoms with Crippen LogP contribution in [0.2, 0.25) is 0 Å². The minimum Gasteiger partial charge on any atom is -0.484 e. The number of para-hydroxylation sites is 1. The van der Waals surface area contributed by atoms with Gasteiger partial charge in [-0.05, 0) is 36.8 Å². The van der Waals surface area contributed by atoms with E-state index in [1.165, 1.54) is 18.8 Å². The van der Waals surface area contributed by atoms with Crippen molar-refractivity contribution in [3.05, 3.63) is 78.1 Å². The molecule has 6 nitrogen and oxygen atoms in total. The largest absolute Gasteiger partial charge is 0.484 e. The molecule has 2 heterocycles. The van der Waals surface area contributed by atoms with E-state index in [9.17, 15) is 9.90 Å². The Labute approximate surface area is 145 Å². The second kappa shape index (κ2) is 7.27. The molecular formula is C19H19NO5. The first-order valence-corrected chi connectivity index (χ1v) is 7.84. The number of hydrogen-bond acceptors (Lipinski definition) is 5. The number of furan rings is 2. The average Bonchev–Trinajstić information content (AvgIpc) is 3.32. The molecule has 0 radical (unpaired) electrons. The Bertz CT molecular complexity index is 774. The van der Waals surface area contributed by atoms with Gasteiger partial charge in [0, 0.05) is 5.56 Å². The van der Waals surface area contributed by atoms with Crippen molar-refractivity contribution in [2.75, 3.05) is 13.2 Å². The molecule has 0 aliphatic rings. The fourth-order valence-electron chi connectivity index (χ4n) is 2.48. The Morgan fingerprint density at radius 3 is 2.72 bits per heavy atom. The monoisotopic (exact) mass is 341 g/mol. The molecule has 3 rings (SSSR count). The van der Waals surface area contributed by atoms with Crippen LogP contribution in [0.4, 0.5) is 0 Å². The quantitative estimate of drug-likeness (QED) is 0.690. The maximum Gasteiger partial charge on any atom is 0.258 e. The van der Waals surface area contributed by atoms with Crippen LogP contribution in [0.5, 0.6) is 5.75 Å². The molecule has 1 amide bonds. The summed E-state index contributed by atoms with van der Waals surface area (Å²) in [4.78, 5) is 12.1. The number of carbonyl (C=O) groups is 1. The maximum atomic E-state index is 12.1. The summed E-state index contributed by atoms with van der Waals surface area (Å²) in [5.74, 6) is 0.611. The molecule has 2 aromatic heterocycles. The lowest BCUT2D eigenvalue weighted by atomic mass is 9.93. The lowest BCUT2D eigenvalue weighted by Gasteiger charge is -2.25. The molecule has 0 spiro atoms. The van der Waals surface area contributed by atoms with Crippen molar-refractivity contribution in [3.8, 4) is 5.75 Å². The fourth-order valence-corrected chi connectivity index (χ4v) is 2.48. The number of rotatable bonds is 7. The van der Waals surface area contributed by atoms with Gasteiger partial charge in [0.05, 0.1) is 25.3 Å². The smallest absolute Gasteiger partial charge is 0.258 e. The molecule has 6 heteroatoms. The van der Waals surface area contributed by atoms with E-state index >= 15 is 0 Å². The molecule has 0 saturated carbocycles. The number of aliphatic hydroxyl groups is 1. The van der Waals surface area contributed by atoms with Crippen molar-refractivity contribution in [3.63, 3.8) is 0 Å². The minimum atomic E-state index is -1.52. The van der Waals surface area contributed by atoms with Crippen molar-refractivity contribution in [1.29, 1.82) is 0 Å². The number of hydrogen-bond donors (Lipinski definition) is 2. The zero-order valence-corrected chi connectivity index (χ0v) is 13.8. The van der Waals surface area contributed by atoms with E-state index in [2.05, 4.69) is 5.32 Å². The van der Waals surface area contributed by atoms with Crippen LogP contribution in [0, 0.1) is 6.92 Å². The second-order valence-electron chi connectivity index (χ2n) is 5.68. The van der Waals surface area contributed by atoms with Gasteiger partial charge in [-0.1, -0.05) is 18.2 Å². The van der Waals surface area contributed by atoms with Crippen molar-refractivity contribution in [1.82, 2.24) is 5.32 Å². The number of benzene rings is 1. The highest BCUT2D eigenvalue weighted by Crippen LogP contribution is 2.29. The number of aryl methyl sites for hydroxylation is 1. The lowest BCUT2D eigenvalue weighted by Crippen LogP contribution is -2.42. The third kappa shape index (κ3) is 3.75. The Morgan fingerprint density at radius 2 is 2.04 bits per heavy atom. The fraction of sp³-hybridized carbons (Fsp3) is 0.211.